The summed E-state index contributed by atoms with van der Waals surface area (Å²) in [6.45, 7) is 6.50. The maximum absolute atomic E-state index is 13.5. The number of carbonyl (C=O) groups excluding carboxylic acids is 2. The van der Waals surface area contributed by atoms with Crippen molar-refractivity contribution in [2.45, 2.75) is 64.8 Å². The van der Waals surface area contributed by atoms with Crippen molar-refractivity contribution < 1.29 is 14.3 Å². The quantitative estimate of drug-likeness (QED) is 0.699. The van der Waals surface area contributed by atoms with E-state index in [1.165, 1.54) is 6.42 Å². The van der Waals surface area contributed by atoms with Gasteiger partial charge in [0.25, 0.3) is 11.8 Å². The molecule has 2 amide bonds. The molecule has 3 aliphatic rings. The molecule has 5 nitrogen and oxygen atoms in total. The molecule has 1 saturated carbocycles. The highest BCUT2D eigenvalue weighted by Gasteiger charge is 2.45. The Balaban J connectivity index is 1.70. The zero-order chi connectivity index (χ0) is 20.4. The number of piperidine rings is 1. The Labute approximate surface area is 173 Å². The third-order valence-electron chi connectivity index (χ3n) is 6.58. The number of imide groups is 1. The minimum atomic E-state index is -0.111. The smallest absolute Gasteiger partial charge is 0.278 e. The molecule has 0 aromatic heterocycles. The SMILES string of the molecule is CCOc1ccc(C2=C(N3CCC(C)CC3)C(=O)N(C3CCCCC3)C2=O)cc1. The molecule has 2 fully saturated rings. The molecule has 0 bridgehead atoms. The molecule has 0 atom stereocenters. The molecule has 156 valence electrons. The van der Waals surface area contributed by atoms with E-state index < -0.39 is 0 Å². The van der Waals surface area contributed by atoms with E-state index in [1.807, 2.05) is 31.2 Å². The van der Waals surface area contributed by atoms with Crippen LogP contribution in [0.15, 0.2) is 30.0 Å². The largest absolute Gasteiger partial charge is 0.494 e. The summed E-state index contributed by atoms with van der Waals surface area (Å²) in [6, 6.07) is 7.67. The number of hydrogen-bond donors (Lipinski definition) is 0. The number of rotatable bonds is 5. The zero-order valence-electron chi connectivity index (χ0n) is 17.7. The summed E-state index contributed by atoms with van der Waals surface area (Å²) in [4.78, 5) is 30.8. The highest BCUT2D eigenvalue weighted by atomic mass is 16.5. The van der Waals surface area contributed by atoms with Crippen LogP contribution in [0, 0.1) is 5.92 Å². The molecule has 1 saturated heterocycles. The van der Waals surface area contributed by atoms with Crippen LogP contribution >= 0.6 is 0 Å². The van der Waals surface area contributed by atoms with E-state index in [9.17, 15) is 9.59 Å². The first-order valence-electron chi connectivity index (χ1n) is 11.2. The molecule has 0 spiro atoms. The van der Waals surface area contributed by atoms with Crippen molar-refractivity contribution >= 4 is 17.4 Å². The molecule has 5 heteroatoms. The summed E-state index contributed by atoms with van der Waals surface area (Å²) in [5.74, 6) is 1.26. The van der Waals surface area contributed by atoms with Crippen molar-refractivity contribution in [3.05, 3.63) is 35.5 Å². The molecule has 1 aliphatic carbocycles. The van der Waals surface area contributed by atoms with Crippen molar-refractivity contribution in [1.29, 1.82) is 0 Å². The van der Waals surface area contributed by atoms with Gasteiger partial charge < -0.3 is 9.64 Å². The van der Waals surface area contributed by atoms with Gasteiger partial charge in [-0.3, -0.25) is 14.5 Å². The van der Waals surface area contributed by atoms with Crippen LogP contribution < -0.4 is 4.74 Å². The minimum absolute atomic E-state index is 0.0441. The minimum Gasteiger partial charge on any atom is -0.494 e. The number of ether oxygens (including phenoxy) is 1. The first-order valence-corrected chi connectivity index (χ1v) is 11.2. The third-order valence-corrected chi connectivity index (χ3v) is 6.58. The van der Waals surface area contributed by atoms with Gasteiger partial charge in [0.2, 0.25) is 0 Å². The summed E-state index contributed by atoms with van der Waals surface area (Å²) in [7, 11) is 0. The average Bonchev–Trinajstić information content (AvgIpc) is 3.00. The van der Waals surface area contributed by atoms with Crippen LogP contribution in [-0.4, -0.2) is 47.4 Å². The van der Waals surface area contributed by atoms with Gasteiger partial charge in [-0.1, -0.05) is 38.3 Å². The van der Waals surface area contributed by atoms with Crippen LogP contribution in [0.5, 0.6) is 5.75 Å². The van der Waals surface area contributed by atoms with E-state index >= 15 is 0 Å². The van der Waals surface area contributed by atoms with Gasteiger partial charge in [0.05, 0.1) is 12.2 Å². The van der Waals surface area contributed by atoms with Gasteiger partial charge in [-0.05, 0) is 56.2 Å². The second-order valence-electron chi connectivity index (χ2n) is 8.62. The fourth-order valence-corrected chi connectivity index (χ4v) is 4.88. The molecule has 0 N–H and O–H groups in total. The first kappa shape index (κ1) is 20.0. The summed E-state index contributed by atoms with van der Waals surface area (Å²) >= 11 is 0. The maximum atomic E-state index is 13.5. The summed E-state index contributed by atoms with van der Waals surface area (Å²) < 4.78 is 5.55. The van der Waals surface area contributed by atoms with Gasteiger partial charge in [0.15, 0.2) is 0 Å². The van der Waals surface area contributed by atoms with Crippen LogP contribution in [0.3, 0.4) is 0 Å². The zero-order valence-corrected chi connectivity index (χ0v) is 17.7. The number of likely N-dealkylation sites (tertiary alicyclic amines) is 1. The first-order chi connectivity index (χ1) is 14.1. The second-order valence-corrected chi connectivity index (χ2v) is 8.62. The second kappa shape index (κ2) is 8.60. The van der Waals surface area contributed by atoms with Crippen molar-refractivity contribution in [3.8, 4) is 5.75 Å². The lowest BCUT2D eigenvalue weighted by Crippen LogP contribution is -2.44. The van der Waals surface area contributed by atoms with Gasteiger partial charge >= 0.3 is 0 Å². The van der Waals surface area contributed by atoms with Crippen LogP contribution in [0.4, 0.5) is 0 Å². The van der Waals surface area contributed by atoms with E-state index in [1.54, 1.807) is 4.90 Å². The lowest BCUT2D eigenvalue weighted by Gasteiger charge is -2.34. The Bertz CT molecular complexity index is 785. The van der Waals surface area contributed by atoms with Crippen molar-refractivity contribution in [2.24, 2.45) is 5.92 Å². The number of nitrogens with zero attached hydrogens (tertiary/aromatic N) is 2. The molecular formula is C24H32N2O3. The van der Waals surface area contributed by atoms with Crippen molar-refractivity contribution in [1.82, 2.24) is 9.80 Å². The number of amides is 2. The van der Waals surface area contributed by atoms with E-state index in [-0.39, 0.29) is 17.9 Å². The van der Waals surface area contributed by atoms with E-state index in [0.29, 0.717) is 23.8 Å². The molecule has 29 heavy (non-hydrogen) atoms. The summed E-state index contributed by atoms with van der Waals surface area (Å²) in [5.41, 5.74) is 2.02. The molecule has 4 rings (SSSR count). The van der Waals surface area contributed by atoms with Gasteiger partial charge in [-0.25, -0.2) is 0 Å². The van der Waals surface area contributed by atoms with Crippen LogP contribution in [0.1, 0.15) is 64.4 Å². The number of carbonyl (C=O) groups is 2. The lowest BCUT2D eigenvalue weighted by molar-refractivity contribution is -0.141. The van der Waals surface area contributed by atoms with Crippen molar-refractivity contribution in [2.75, 3.05) is 19.7 Å². The normalized spacial score (nSPS) is 22.0. The Morgan fingerprint density at radius 1 is 0.931 bits per heavy atom. The van der Waals surface area contributed by atoms with Gasteiger partial charge in [-0.15, -0.1) is 0 Å². The topological polar surface area (TPSA) is 49.9 Å². The Morgan fingerprint density at radius 2 is 1.59 bits per heavy atom. The molecule has 0 unspecified atom stereocenters. The van der Waals surface area contributed by atoms with Gasteiger partial charge in [0, 0.05) is 19.1 Å². The molecule has 1 aromatic rings. The van der Waals surface area contributed by atoms with Crippen LogP contribution in [0.2, 0.25) is 0 Å². The highest BCUT2D eigenvalue weighted by Crippen LogP contribution is 2.37. The monoisotopic (exact) mass is 396 g/mol. The predicted molar refractivity (Wildman–Crippen MR) is 113 cm³/mol. The number of benzene rings is 1. The highest BCUT2D eigenvalue weighted by molar-refractivity contribution is 6.35. The van der Waals surface area contributed by atoms with Crippen molar-refractivity contribution in [3.63, 3.8) is 0 Å². The standard InChI is InChI=1S/C24H32N2O3/c1-3-29-20-11-9-18(10-12-20)21-22(25-15-13-17(2)14-16-25)24(28)26(23(21)27)19-7-5-4-6-8-19/h9-12,17,19H,3-8,13-16H2,1-2H3. The summed E-state index contributed by atoms with van der Waals surface area (Å²) in [6.07, 6.45) is 7.36. The predicted octanol–water partition coefficient (Wildman–Crippen LogP) is 4.23. The van der Waals surface area contributed by atoms with E-state index in [0.717, 1.165) is 62.9 Å². The van der Waals surface area contributed by atoms with Crippen LogP contribution in [0.25, 0.3) is 5.57 Å². The molecule has 2 aliphatic heterocycles. The molecular weight excluding hydrogens is 364 g/mol. The fraction of sp³-hybridized carbons (Fsp3) is 0.583. The lowest BCUT2D eigenvalue weighted by atomic mass is 9.94. The Hall–Kier alpha value is -2.30. The van der Waals surface area contributed by atoms with Gasteiger partial charge in [-0.2, -0.15) is 0 Å². The maximum Gasteiger partial charge on any atom is 0.278 e. The van der Waals surface area contributed by atoms with E-state index in [4.69, 9.17) is 4.74 Å². The third kappa shape index (κ3) is 3.92. The summed E-state index contributed by atoms with van der Waals surface area (Å²) in [5, 5.41) is 0. The van der Waals surface area contributed by atoms with E-state index in [2.05, 4.69) is 11.8 Å². The number of hydrogen-bond acceptors (Lipinski definition) is 4. The molecule has 0 radical (unpaired) electrons. The molecule has 1 aromatic carbocycles. The Kier molecular flexibility index (Phi) is 5.93. The molecule has 2 heterocycles. The van der Waals surface area contributed by atoms with Crippen LogP contribution in [-0.2, 0) is 9.59 Å². The fourth-order valence-electron chi connectivity index (χ4n) is 4.88. The van der Waals surface area contributed by atoms with Gasteiger partial charge in [0.1, 0.15) is 11.4 Å². The average molecular weight is 397 g/mol. The Morgan fingerprint density at radius 3 is 2.21 bits per heavy atom.